The van der Waals surface area contributed by atoms with Crippen molar-refractivity contribution in [2.75, 3.05) is 42.6 Å². The number of aldehydes is 1. The Hall–Kier alpha value is -3.40. The highest BCUT2D eigenvalue weighted by molar-refractivity contribution is 8.00. The summed E-state index contributed by atoms with van der Waals surface area (Å²) in [4.78, 5) is 22.6. The molecule has 1 aliphatic heterocycles. The van der Waals surface area contributed by atoms with Gasteiger partial charge in [-0.15, -0.1) is 0 Å². The SMILES string of the molecule is CC1=CC=CC=CC1.CNCC(N)CC(C)C(=O)Nc1ccc(F)cc1.COc1cc(C=O)cc(N2CCCS2)c1. The molecule has 222 valence electrons. The Morgan fingerprint density at radius 3 is 2.59 bits per heavy atom. The number of carbonyl (C=O) groups excluding carboxylic acids is 2. The minimum atomic E-state index is -0.322. The lowest BCUT2D eigenvalue weighted by Gasteiger charge is -2.17. The number of amides is 1. The molecule has 1 heterocycles. The lowest BCUT2D eigenvalue weighted by atomic mass is 10.0. The maximum absolute atomic E-state index is 12.7. The van der Waals surface area contributed by atoms with Crippen molar-refractivity contribution in [3.8, 4) is 5.75 Å². The molecule has 1 amide bonds. The van der Waals surface area contributed by atoms with Crippen molar-refractivity contribution in [1.82, 2.24) is 5.32 Å². The number of likely N-dealkylation sites (N-methyl/N-ethyl adjacent to an activating group) is 1. The zero-order chi connectivity index (χ0) is 30.0. The molecule has 1 fully saturated rings. The van der Waals surface area contributed by atoms with Gasteiger partial charge in [0.05, 0.1) is 12.8 Å². The van der Waals surface area contributed by atoms with E-state index in [-0.39, 0.29) is 23.7 Å². The standard InChI is InChI=1S/C13H20FN3O.C11H13NO2S.C8H10/c1-9(7-11(15)8-16-2)13(18)17-12-5-3-10(14)4-6-12;1-14-11-6-9(8-13)5-10(7-11)12-3-2-4-15-12;1-8-6-4-2-3-5-7-8/h3-6,9,11,16H,7-8,15H2,1-2H3,(H,17,18);5-8H,2-4H2,1H3;2-6H,7H2,1H3. The Morgan fingerprint density at radius 1 is 1.20 bits per heavy atom. The van der Waals surface area contributed by atoms with Gasteiger partial charge in [-0.05, 0) is 81.6 Å². The summed E-state index contributed by atoms with van der Waals surface area (Å²) in [7, 11) is 3.44. The van der Waals surface area contributed by atoms with Crippen molar-refractivity contribution in [3.63, 3.8) is 0 Å². The summed E-state index contributed by atoms with van der Waals surface area (Å²) in [5.74, 6) is 1.28. The fourth-order valence-corrected chi connectivity index (χ4v) is 4.97. The first-order valence-electron chi connectivity index (χ1n) is 13.8. The molecular formula is C32H43FN4O3S. The van der Waals surface area contributed by atoms with E-state index in [0.717, 1.165) is 36.4 Å². The van der Waals surface area contributed by atoms with E-state index in [0.29, 0.717) is 24.2 Å². The molecule has 0 saturated carbocycles. The summed E-state index contributed by atoms with van der Waals surface area (Å²) in [5, 5.41) is 5.70. The van der Waals surface area contributed by atoms with Crippen LogP contribution in [0.5, 0.6) is 5.75 Å². The number of rotatable bonds is 9. The van der Waals surface area contributed by atoms with E-state index >= 15 is 0 Å². The number of anilines is 2. The summed E-state index contributed by atoms with van der Waals surface area (Å²) in [6, 6.07) is 11.3. The van der Waals surface area contributed by atoms with E-state index in [1.165, 1.54) is 36.3 Å². The lowest BCUT2D eigenvalue weighted by Crippen LogP contribution is -2.36. The monoisotopic (exact) mass is 582 g/mol. The Bertz CT molecular complexity index is 1180. The van der Waals surface area contributed by atoms with Crippen LogP contribution in [0.4, 0.5) is 15.8 Å². The predicted molar refractivity (Wildman–Crippen MR) is 170 cm³/mol. The summed E-state index contributed by atoms with van der Waals surface area (Å²) in [6.07, 6.45) is 14.3. The molecule has 0 aromatic heterocycles. The van der Waals surface area contributed by atoms with Gasteiger partial charge in [0, 0.05) is 48.1 Å². The van der Waals surface area contributed by atoms with Crippen molar-refractivity contribution >= 4 is 35.5 Å². The molecule has 4 N–H and O–H groups in total. The third-order valence-electron chi connectivity index (χ3n) is 6.19. The number of hydrogen-bond donors (Lipinski definition) is 3. The first-order chi connectivity index (χ1) is 19.7. The van der Waals surface area contributed by atoms with Crippen LogP contribution in [0.25, 0.3) is 0 Å². The molecule has 4 rings (SSSR count). The molecule has 41 heavy (non-hydrogen) atoms. The Morgan fingerprint density at radius 2 is 1.95 bits per heavy atom. The molecule has 1 aliphatic carbocycles. The van der Waals surface area contributed by atoms with Gasteiger partial charge in [0.25, 0.3) is 0 Å². The van der Waals surface area contributed by atoms with Crippen molar-refractivity contribution < 1.29 is 18.7 Å². The molecule has 7 nitrogen and oxygen atoms in total. The van der Waals surface area contributed by atoms with Crippen LogP contribution in [0.3, 0.4) is 0 Å². The highest BCUT2D eigenvalue weighted by Crippen LogP contribution is 2.31. The number of nitrogens with two attached hydrogens (primary N) is 1. The molecule has 9 heteroatoms. The van der Waals surface area contributed by atoms with Crippen LogP contribution in [0, 0.1) is 11.7 Å². The fraction of sp³-hybridized carbons (Fsp3) is 0.375. The van der Waals surface area contributed by atoms with E-state index in [4.69, 9.17) is 10.5 Å². The quantitative estimate of drug-likeness (QED) is 0.241. The number of halogens is 1. The van der Waals surface area contributed by atoms with E-state index in [2.05, 4.69) is 52.2 Å². The molecule has 1 saturated heterocycles. The van der Waals surface area contributed by atoms with E-state index in [1.54, 1.807) is 25.1 Å². The van der Waals surface area contributed by atoms with Crippen LogP contribution >= 0.6 is 11.9 Å². The normalized spacial score (nSPS) is 15.3. The van der Waals surface area contributed by atoms with Gasteiger partial charge in [-0.3, -0.25) is 9.59 Å². The highest BCUT2D eigenvalue weighted by Gasteiger charge is 2.17. The number of nitrogens with zero attached hydrogens (tertiary/aromatic N) is 1. The number of allylic oxidation sites excluding steroid dienone is 6. The van der Waals surface area contributed by atoms with Gasteiger partial charge in [0.2, 0.25) is 5.91 Å². The average Bonchev–Trinajstić information content (AvgIpc) is 3.41. The van der Waals surface area contributed by atoms with Gasteiger partial charge < -0.3 is 25.4 Å². The molecule has 0 spiro atoms. The average molecular weight is 583 g/mol. The lowest BCUT2D eigenvalue weighted by molar-refractivity contribution is -0.119. The fourth-order valence-electron chi connectivity index (χ4n) is 3.98. The summed E-state index contributed by atoms with van der Waals surface area (Å²) < 4.78 is 20.1. The van der Waals surface area contributed by atoms with E-state index < -0.39 is 0 Å². The number of benzene rings is 2. The largest absolute Gasteiger partial charge is 0.497 e. The van der Waals surface area contributed by atoms with Crippen molar-refractivity contribution in [3.05, 3.63) is 89.8 Å². The van der Waals surface area contributed by atoms with Crippen LogP contribution in [-0.2, 0) is 4.79 Å². The third-order valence-corrected chi connectivity index (χ3v) is 7.36. The Balaban J connectivity index is 0.000000230. The van der Waals surface area contributed by atoms with Gasteiger partial charge in [0.1, 0.15) is 17.9 Å². The molecule has 0 bridgehead atoms. The van der Waals surface area contributed by atoms with Gasteiger partial charge in [0.15, 0.2) is 0 Å². The second-order valence-electron chi connectivity index (χ2n) is 9.85. The number of hydrogen-bond acceptors (Lipinski definition) is 7. The zero-order valence-corrected chi connectivity index (χ0v) is 25.3. The highest BCUT2D eigenvalue weighted by atomic mass is 32.2. The number of nitrogens with one attached hydrogen (secondary N) is 2. The maximum atomic E-state index is 12.7. The summed E-state index contributed by atoms with van der Waals surface area (Å²) in [6.45, 7) is 5.68. The predicted octanol–water partition coefficient (Wildman–Crippen LogP) is 6.15. The van der Waals surface area contributed by atoms with Crippen LogP contribution in [0.1, 0.15) is 43.5 Å². The van der Waals surface area contributed by atoms with Crippen LogP contribution < -0.4 is 25.4 Å². The molecule has 2 aromatic carbocycles. The topological polar surface area (TPSA) is 96.7 Å². The summed E-state index contributed by atoms with van der Waals surface area (Å²) in [5.41, 5.74) is 9.58. The van der Waals surface area contributed by atoms with Crippen molar-refractivity contribution in [2.24, 2.45) is 11.7 Å². The van der Waals surface area contributed by atoms with E-state index in [9.17, 15) is 14.0 Å². The van der Waals surface area contributed by atoms with Crippen molar-refractivity contribution in [2.45, 2.75) is 39.2 Å². The number of ether oxygens (including phenoxy) is 1. The van der Waals surface area contributed by atoms with Gasteiger partial charge in [-0.25, -0.2) is 4.39 Å². The van der Waals surface area contributed by atoms with Gasteiger partial charge >= 0.3 is 0 Å². The first-order valence-corrected chi connectivity index (χ1v) is 14.7. The van der Waals surface area contributed by atoms with E-state index in [1.807, 2.05) is 26.1 Å². The third kappa shape index (κ3) is 13.2. The van der Waals surface area contributed by atoms with Crippen LogP contribution in [0.2, 0.25) is 0 Å². The van der Waals surface area contributed by atoms with Crippen molar-refractivity contribution in [1.29, 1.82) is 0 Å². The molecular weight excluding hydrogens is 539 g/mol. The number of methoxy groups -OCH3 is 1. The Labute approximate surface area is 248 Å². The van der Waals surface area contributed by atoms with Crippen LogP contribution in [0.15, 0.2) is 78.4 Å². The van der Waals surface area contributed by atoms with Gasteiger partial charge in [-0.1, -0.05) is 42.9 Å². The minimum absolute atomic E-state index is 0.0519. The first kappa shape index (κ1) is 33.8. The molecule has 2 atom stereocenters. The smallest absolute Gasteiger partial charge is 0.227 e. The maximum Gasteiger partial charge on any atom is 0.227 e. The number of carbonyl (C=O) groups is 2. The molecule has 2 aromatic rings. The minimum Gasteiger partial charge on any atom is -0.497 e. The second-order valence-corrected chi connectivity index (χ2v) is 11.0. The molecule has 0 radical (unpaired) electrons. The Kier molecular flexibility index (Phi) is 15.5. The molecule has 2 unspecified atom stereocenters. The molecule has 2 aliphatic rings. The summed E-state index contributed by atoms with van der Waals surface area (Å²) >= 11 is 1.80. The second kappa shape index (κ2) is 18.9. The van der Waals surface area contributed by atoms with Crippen LogP contribution in [-0.4, -0.2) is 51.2 Å². The van der Waals surface area contributed by atoms with Gasteiger partial charge in [-0.2, -0.15) is 0 Å². The zero-order valence-electron chi connectivity index (χ0n) is 24.4.